The quantitative estimate of drug-likeness (QED) is 0.395. The third-order valence-electron chi connectivity index (χ3n) is 4.35. The molecule has 0 aliphatic rings. The summed E-state index contributed by atoms with van der Waals surface area (Å²) in [6.07, 6.45) is 1.51. The molecule has 4 aromatic rings. The van der Waals surface area contributed by atoms with Crippen molar-refractivity contribution in [3.05, 3.63) is 70.7 Å². The zero-order valence-electron chi connectivity index (χ0n) is 14.4. The third-order valence-corrected chi connectivity index (χ3v) is 4.93. The Hall–Kier alpha value is -2.51. The van der Waals surface area contributed by atoms with Crippen LogP contribution < -0.4 is 11.3 Å². The molecule has 3 N–H and O–H groups in total. The van der Waals surface area contributed by atoms with E-state index in [0.29, 0.717) is 27.2 Å². The van der Waals surface area contributed by atoms with Crippen LogP contribution in [-0.2, 0) is 0 Å². The van der Waals surface area contributed by atoms with E-state index in [2.05, 4.69) is 15.4 Å². The van der Waals surface area contributed by atoms with Gasteiger partial charge in [-0.05, 0) is 30.7 Å². The lowest BCUT2D eigenvalue weighted by atomic mass is 10.0. The fourth-order valence-corrected chi connectivity index (χ4v) is 3.33. The Labute approximate surface area is 165 Å². The van der Waals surface area contributed by atoms with Gasteiger partial charge >= 0.3 is 0 Å². The normalized spacial score (nSPS) is 12.4. The van der Waals surface area contributed by atoms with Crippen LogP contribution in [0.25, 0.3) is 28.0 Å². The van der Waals surface area contributed by atoms with Crippen LogP contribution >= 0.6 is 23.2 Å². The Morgan fingerprint density at radius 3 is 2.48 bits per heavy atom. The van der Waals surface area contributed by atoms with Crippen LogP contribution in [0, 0.1) is 0 Å². The lowest BCUT2D eigenvalue weighted by molar-refractivity contribution is 0.548. The van der Waals surface area contributed by atoms with E-state index >= 15 is 0 Å². The highest BCUT2D eigenvalue weighted by molar-refractivity contribution is 6.33. The molecule has 0 aliphatic heterocycles. The zero-order chi connectivity index (χ0) is 19.0. The van der Waals surface area contributed by atoms with Gasteiger partial charge in [0.2, 0.25) is 0 Å². The van der Waals surface area contributed by atoms with Crippen LogP contribution in [0.3, 0.4) is 0 Å². The zero-order valence-corrected chi connectivity index (χ0v) is 15.9. The van der Waals surface area contributed by atoms with Crippen molar-refractivity contribution in [3.8, 4) is 22.4 Å². The summed E-state index contributed by atoms with van der Waals surface area (Å²) in [6, 6.07) is 14.9. The van der Waals surface area contributed by atoms with Crippen molar-refractivity contribution in [2.24, 2.45) is 5.84 Å². The van der Waals surface area contributed by atoms with Gasteiger partial charge in [0.15, 0.2) is 11.5 Å². The van der Waals surface area contributed by atoms with E-state index in [4.69, 9.17) is 34.1 Å². The van der Waals surface area contributed by atoms with Crippen molar-refractivity contribution < 1.29 is 0 Å². The monoisotopic (exact) mass is 398 g/mol. The predicted octanol–water partition coefficient (Wildman–Crippen LogP) is 4.29. The number of rotatable bonds is 4. The van der Waals surface area contributed by atoms with Gasteiger partial charge in [0.05, 0.1) is 16.6 Å². The summed E-state index contributed by atoms with van der Waals surface area (Å²) >= 11 is 12.5. The van der Waals surface area contributed by atoms with E-state index in [9.17, 15) is 0 Å². The first-order chi connectivity index (χ1) is 13.1. The summed E-state index contributed by atoms with van der Waals surface area (Å²) in [7, 11) is 0. The summed E-state index contributed by atoms with van der Waals surface area (Å²) in [5, 5.41) is 6.06. The molecule has 1 unspecified atom stereocenters. The van der Waals surface area contributed by atoms with Crippen LogP contribution in [0.1, 0.15) is 18.8 Å². The minimum atomic E-state index is -0.215. The second-order valence-electron chi connectivity index (χ2n) is 6.07. The second-order valence-corrected chi connectivity index (χ2v) is 6.91. The molecule has 0 bridgehead atoms. The lowest BCUT2D eigenvalue weighted by Crippen LogP contribution is -2.28. The van der Waals surface area contributed by atoms with E-state index in [-0.39, 0.29) is 6.04 Å². The fraction of sp³-hybridized carbons (Fsp3) is 0.105. The van der Waals surface area contributed by atoms with Crippen LogP contribution in [0.2, 0.25) is 10.0 Å². The number of nitrogens with zero attached hydrogens (tertiary/aromatic N) is 4. The van der Waals surface area contributed by atoms with Gasteiger partial charge in [-0.15, -0.1) is 0 Å². The van der Waals surface area contributed by atoms with Crippen molar-refractivity contribution in [1.82, 2.24) is 25.0 Å². The SMILES string of the molecule is CC(NN)c1ncnc2c(-c3ccc(Cl)cc3)c(-c3ccccc3Cl)nn12. The number of nitrogens with one attached hydrogen (secondary N) is 1. The molecule has 6 nitrogen and oxygen atoms in total. The van der Waals surface area contributed by atoms with Crippen molar-refractivity contribution in [3.63, 3.8) is 0 Å². The highest BCUT2D eigenvalue weighted by atomic mass is 35.5. The third kappa shape index (κ3) is 3.17. The number of hydrazine groups is 1. The van der Waals surface area contributed by atoms with Gasteiger partial charge in [-0.2, -0.15) is 9.61 Å². The number of nitrogens with two attached hydrogens (primary N) is 1. The maximum atomic E-state index is 6.46. The summed E-state index contributed by atoms with van der Waals surface area (Å²) in [4.78, 5) is 8.83. The number of aromatic nitrogens is 4. The minimum Gasteiger partial charge on any atom is -0.271 e. The summed E-state index contributed by atoms with van der Waals surface area (Å²) in [5.74, 6) is 6.26. The van der Waals surface area contributed by atoms with Gasteiger partial charge < -0.3 is 0 Å². The molecule has 4 rings (SSSR count). The van der Waals surface area contributed by atoms with Crippen LogP contribution in [-0.4, -0.2) is 19.6 Å². The maximum absolute atomic E-state index is 6.46. The van der Waals surface area contributed by atoms with Crippen LogP contribution in [0.5, 0.6) is 0 Å². The Morgan fingerprint density at radius 2 is 1.78 bits per heavy atom. The first-order valence-electron chi connectivity index (χ1n) is 8.30. The molecule has 0 saturated carbocycles. The van der Waals surface area contributed by atoms with Gasteiger partial charge in [0, 0.05) is 10.6 Å². The second kappa shape index (κ2) is 7.25. The number of hydrogen-bond acceptors (Lipinski definition) is 5. The van der Waals surface area contributed by atoms with E-state index in [1.165, 1.54) is 6.33 Å². The molecule has 0 spiro atoms. The molecule has 0 fully saturated rings. The van der Waals surface area contributed by atoms with E-state index in [1.54, 1.807) is 4.52 Å². The average molecular weight is 399 g/mol. The topological polar surface area (TPSA) is 81.1 Å². The standard InChI is InChI=1S/C19H16Cl2N6/c1-11(25-22)18-23-10-24-19-16(12-6-8-13(20)9-7-12)17(26-27(18)19)14-4-2-3-5-15(14)21/h2-11,25H,22H2,1H3. The molecule has 1 atom stereocenters. The number of benzene rings is 2. The molecule has 27 heavy (non-hydrogen) atoms. The molecule has 0 aliphatic carbocycles. The first kappa shape index (κ1) is 17.9. The van der Waals surface area contributed by atoms with Gasteiger partial charge in [0.25, 0.3) is 0 Å². The summed E-state index contributed by atoms with van der Waals surface area (Å²) in [5.41, 5.74) is 6.69. The van der Waals surface area contributed by atoms with E-state index < -0.39 is 0 Å². The fourth-order valence-electron chi connectivity index (χ4n) is 2.98. The highest BCUT2D eigenvalue weighted by Gasteiger charge is 2.22. The van der Waals surface area contributed by atoms with Crippen LogP contribution in [0.15, 0.2) is 54.9 Å². The van der Waals surface area contributed by atoms with Gasteiger partial charge in [-0.3, -0.25) is 11.3 Å². The molecule has 8 heteroatoms. The van der Waals surface area contributed by atoms with E-state index in [1.807, 2.05) is 55.5 Å². The molecule has 2 aromatic carbocycles. The molecule has 0 amide bonds. The molecule has 0 saturated heterocycles. The maximum Gasteiger partial charge on any atom is 0.167 e. The Bertz CT molecular complexity index is 1110. The number of halogens is 2. The molecule has 2 aromatic heterocycles. The average Bonchev–Trinajstić information content (AvgIpc) is 3.07. The Balaban J connectivity index is 2.08. The van der Waals surface area contributed by atoms with Crippen molar-refractivity contribution >= 4 is 28.8 Å². The minimum absolute atomic E-state index is 0.215. The molecular formula is C19H16Cl2N6. The Morgan fingerprint density at radius 1 is 1.04 bits per heavy atom. The van der Waals surface area contributed by atoms with Crippen molar-refractivity contribution in [1.29, 1.82) is 0 Å². The molecule has 2 heterocycles. The highest BCUT2D eigenvalue weighted by Crippen LogP contribution is 2.38. The van der Waals surface area contributed by atoms with Gasteiger partial charge in [0.1, 0.15) is 12.0 Å². The van der Waals surface area contributed by atoms with E-state index in [0.717, 1.165) is 16.7 Å². The Kier molecular flexibility index (Phi) is 4.80. The molecule has 136 valence electrons. The summed E-state index contributed by atoms with van der Waals surface area (Å²) < 4.78 is 1.70. The van der Waals surface area contributed by atoms with Crippen LogP contribution in [0.4, 0.5) is 0 Å². The number of hydrogen-bond donors (Lipinski definition) is 2. The number of fused-ring (bicyclic) bond motifs is 1. The molecule has 0 radical (unpaired) electrons. The van der Waals surface area contributed by atoms with Crippen molar-refractivity contribution in [2.45, 2.75) is 13.0 Å². The van der Waals surface area contributed by atoms with Gasteiger partial charge in [-0.25, -0.2) is 9.97 Å². The van der Waals surface area contributed by atoms with Crippen molar-refractivity contribution in [2.75, 3.05) is 0 Å². The smallest absolute Gasteiger partial charge is 0.167 e. The van der Waals surface area contributed by atoms with Gasteiger partial charge in [-0.1, -0.05) is 53.5 Å². The largest absolute Gasteiger partial charge is 0.271 e. The lowest BCUT2D eigenvalue weighted by Gasteiger charge is -2.10. The first-order valence-corrected chi connectivity index (χ1v) is 9.06. The predicted molar refractivity (Wildman–Crippen MR) is 107 cm³/mol. The summed E-state index contributed by atoms with van der Waals surface area (Å²) in [6.45, 7) is 1.90. The molecular weight excluding hydrogens is 383 g/mol.